The lowest BCUT2D eigenvalue weighted by molar-refractivity contribution is -0.115. The predicted molar refractivity (Wildman–Crippen MR) is 90.8 cm³/mol. The highest BCUT2D eigenvalue weighted by Gasteiger charge is 2.10. The van der Waals surface area contributed by atoms with Crippen molar-refractivity contribution in [3.05, 3.63) is 40.6 Å². The van der Waals surface area contributed by atoms with Crippen molar-refractivity contribution in [2.24, 2.45) is 0 Å². The fourth-order valence-corrected chi connectivity index (χ4v) is 3.40. The largest absolute Gasteiger partial charge is 0.321 e. The summed E-state index contributed by atoms with van der Waals surface area (Å²) in [5.41, 5.74) is 1.51. The van der Waals surface area contributed by atoms with Crippen LogP contribution in [0, 0.1) is 0 Å². The summed E-state index contributed by atoms with van der Waals surface area (Å²) in [5, 5.41) is 8.04. The molecule has 5 nitrogen and oxygen atoms in total. The first-order valence-electron chi connectivity index (χ1n) is 6.71. The van der Waals surface area contributed by atoms with E-state index in [4.69, 9.17) is 0 Å². The molecule has 0 fully saturated rings. The van der Waals surface area contributed by atoms with Gasteiger partial charge in [0.15, 0.2) is 5.13 Å². The number of thiazole rings is 1. The topological polar surface area (TPSA) is 71.1 Å². The van der Waals surface area contributed by atoms with Gasteiger partial charge in [-0.05, 0) is 29.6 Å². The molecule has 3 rings (SSSR count). The minimum atomic E-state index is -0.127. The van der Waals surface area contributed by atoms with E-state index in [1.807, 2.05) is 23.6 Å². The molecule has 0 atom stereocenters. The summed E-state index contributed by atoms with van der Waals surface area (Å²) < 4.78 is 0.912. The SMILES string of the molecule is CCC(=O)Nc1nc2ccc(NC(=O)c3cccs3)cc2s1. The van der Waals surface area contributed by atoms with Crippen LogP contribution in [0.1, 0.15) is 23.0 Å². The van der Waals surface area contributed by atoms with E-state index in [-0.39, 0.29) is 11.8 Å². The molecule has 2 N–H and O–H groups in total. The molecule has 0 unspecified atom stereocenters. The summed E-state index contributed by atoms with van der Waals surface area (Å²) in [6.45, 7) is 1.79. The van der Waals surface area contributed by atoms with E-state index in [1.54, 1.807) is 19.1 Å². The first kappa shape index (κ1) is 14.7. The van der Waals surface area contributed by atoms with Gasteiger partial charge in [-0.2, -0.15) is 0 Å². The average Bonchev–Trinajstić information content (AvgIpc) is 3.15. The van der Waals surface area contributed by atoms with Crippen LogP contribution in [-0.2, 0) is 4.79 Å². The maximum Gasteiger partial charge on any atom is 0.265 e. The molecular weight excluding hydrogens is 318 g/mol. The van der Waals surface area contributed by atoms with Crippen molar-refractivity contribution in [3.8, 4) is 0 Å². The highest BCUT2D eigenvalue weighted by atomic mass is 32.1. The fourth-order valence-electron chi connectivity index (χ4n) is 1.86. The summed E-state index contributed by atoms with van der Waals surface area (Å²) in [5.74, 6) is -0.191. The molecule has 0 spiro atoms. The first-order valence-corrected chi connectivity index (χ1v) is 8.40. The quantitative estimate of drug-likeness (QED) is 0.760. The Morgan fingerprint density at radius 2 is 2.09 bits per heavy atom. The van der Waals surface area contributed by atoms with Crippen LogP contribution in [0.15, 0.2) is 35.7 Å². The van der Waals surface area contributed by atoms with Crippen LogP contribution in [-0.4, -0.2) is 16.8 Å². The fraction of sp³-hybridized carbons (Fsp3) is 0.133. The van der Waals surface area contributed by atoms with Crippen LogP contribution < -0.4 is 10.6 Å². The van der Waals surface area contributed by atoms with Crippen molar-refractivity contribution < 1.29 is 9.59 Å². The zero-order chi connectivity index (χ0) is 15.5. The van der Waals surface area contributed by atoms with E-state index >= 15 is 0 Å². The van der Waals surface area contributed by atoms with Gasteiger partial charge in [0.05, 0.1) is 15.1 Å². The summed E-state index contributed by atoms with van der Waals surface area (Å²) in [4.78, 5) is 28.4. The molecule has 0 aliphatic carbocycles. The molecule has 2 heterocycles. The number of rotatable bonds is 4. The number of carbonyl (C=O) groups is 2. The second-order valence-electron chi connectivity index (χ2n) is 4.53. The molecule has 1 aromatic carbocycles. The van der Waals surface area contributed by atoms with Crippen LogP contribution in [0.4, 0.5) is 10.8 Å². The second kappa shape index (κ2) is 6.25. The number of anilines is 2. The van der Waals surface area contributed by atoms with Crippen LogP contribution in [0.5, 0.6) is 0 Å². The molecule has 2 aromatic heterocycles. The molecule has 0 aliphatic rings. The van der Waals surface area contributed by atoms with Gasteiger partial charge in [0, 0.05) is 12.1 Å². The molecule has 22 heavy (non-hydrogen) atoms. The summed E-state index contributed by atoms with van der Waals surface area (Å²) in [6.07, 6.45) is 0.415. The van der Waals surface area contributed by atoms with Crippen molar-refractivity contribution in [2.75, 3.05) is 10.6 Å². The van der Waals surface area contributed by atoms with Crippen molar-refractivity contribution in [1.82, 2.24) is 4.98 Å². The molecule has 7 heteroatoms. The van der Waals surface area contributed by atoms with Gasteiger partial charge in [0.25, 0.3) is 5.91 Å². The highest BCUT2D eigenvalue weighted by Crippen LogP contribution is 2.28. The number of thiophene rings is 1. The molecule has 2 amide bonds. The van der Waals surface area contributed by atoms with Gasteiger partial charge in [-0.25, -0.2) is 4.98 Å². The Labute approximate surface area is 135 Å². The number of hydrogen-bond donors (Lipinski definition) is 2. The van der Waals surface area contributed by atoms with E-state index in [1.165, 1.54) is 22.7 Å². The second-order valence-corrected chi connectivity index (χ2v) is 6.51. The Morgan fingerprint density at radius 3 is 2.82 bits per heavy atom. The number of aromatic nitrogens is 1. The maximum atomic E-state index is 12.0. The minimum absolute atomic E-state index is 0.0646. The van der Waals surface area contributed by atoms with Crippen molar-refractivity contribution >= 4 is 55.5 Å². The summed E-state index contributed by atoms with van der Waals surface area (Å²) in [7, 11) is 0. The standard InChI is InChI=1S/C15H13N3O2S2/c1-2-13(19)18-15-17-10-6-5-9(8-12(10)22-15)16-14(20)11-4-3-7-21-11/h3-8H,2H2,1H3,(H,16,20)(H,17,18,19). The van der Waals surface area contributed by atoms with Gasteiger partial charge in [-0.3, -0.25) is 9.59 Å². The van der Waals surface area contributed by atoms with Gasteiger partial charge in [-0.1, -0.05) is 24.3 Å². The third-order valence-electron chi connectivity index (χ3n) is 2.96. The number of hydrogen-bond acceptors (Lipinski definition) is 5. The molecule has 112 valence electrons. The molecule has 0 radical (unpaired) electrons. The van der Waals surface area contributed by atoms with Gasteiger partial charge in [0.2, 0.25) is 5.91 Å². The van der Waals surface area contributed by atoms with Crippen LogP contribution >= 0.6 is 22.7 Å². The van der Waals surface area contributed by atoms with E-state index in [0.29, 0.717) is 22.1 Å². The third-order valence-corrected chi connectivity index (χ3v) is 4.76. The number of amides is 2. The number of fused-ring (bicyclic) bond motifs is 1. The van der Waals surface area contributed by atoms with E-state index in [0.717, 1.165) is 10.2 Å². The van der Waals surface area contributed by atoms with Crippen molar-refractivity contribution in [2.45, 2.75) is 13.3 Å². The van der Waals surface area contributed by atoms with Crippen molar-refractivity contribution in [1.29, 1.82) is 0 Å². The number of carbonyl (C=O) groups excluding carboxylic acids is 2. The highest BCUT2D eigenvalue weighted by molar-refractivity contribution is 7.22. The molecule has 0 saturated carbocycles. The average molecular weight is 331 g/mol. The van der Waals surface area contributed by atoms with Gasteiger partial charge in [0.1, 0.15) is 0 Å². The summed E-state index contributed by atoms with van der Waals surface area (Å²) >= 11 is 2.79. The molecular formula is C15H13N3O2S2. The lowest BCUT2D eigenvalue weighted by Gasteiger charge is -2.02. The Kier molecular flexibility index (Phi) is 4.17. The number of nitrogens with zero attached hydrogens (tertiary/aromatic N) is 1. The lowest BCUT2D eigenvalue weighted by atomic mass is 10.3. The predicted octanol–water partition coefficient (Wildman–Crippen LogP) is 3.96. The van der Waals surface area contributed by atoms with Gasteiger partial charge >= 0.3 is 0 Å². The lowest BCUT2D eigenvalue weighted by Crippen LogP contribution is -2.09. The zero-order valence-electron chi connectivity index (χ0n) is 11.8. The summed E-state index contributed by atoms with van der Waals surface area (Å²) in [6, 6.07) is 9.12. The first-order chi connectivity index (χ1) is 10.7. The molecule has 3 aromatic rings. The molecule has 0 bridgehead atoms. The third kappa shape index (κ3) is 3.15. The van der Waals surface area contributed by atoms with Gasteiger partial charge in [-0.15, -0.1) is 11.3 Å². The number of benzene rings is 1. The Hall–Kier alpha value is -2.25. The normalized spacial score (nSPS) is 10.6. The van der Waals surface area contributed by atoms with E-state index in [9.17, 15) is 9.59 Å². The smallest absolute Gasteiger partial charge is 0.265 e. The Bertz CT molecular complexity index is 825. The van der Waals surface area contributed by atoms with Gasteiger partial charge < -0.3 is 10.6 Å². The van der Waals surface area contributed by atoms with Crippen LogP contribution in [0.2, 0.25) is 0 Å². The maximum absolute atomic E-state index is 12.0. The van der Waals surface area contributed by atoms with Crippen LogP contribution in [0.25, 0.3) is 10.2 Å². The van der Waals surface area contributed by atoms with E-state index in [2.05, 4.69) is 15.6 Å². The minimum Gasteiger partial charge on any atom is -0.321 e. The Morgan fingerprint density at radius 1 is 1.23 bits per heavy atom. The van der Waals surface area contributed by atoms with E-state index < -0.39 is 0 Å². The zero-order valence-corrected chi connectivity index (χ0v) is 13.4. The monoisotopic (exact) mass is 331 g/mol. The number of nitrogens with one attached hydrogen (secondary N) is 2. The molecule has 0 saturated heterocycles. The van der Waals surface area contributed by atoms with Crippen LogP contribution in [0.3, 0.4) is 0 Å². The van der Waals surface area contributed by atoms with Crippen molar-refractivity contribution in [3.63, 3.8) is 0 Å². The Balaban J connectivity index is 1.80. The molecule has 0 aliphatic heterocycles.